The van der Waals surface area contributed by atoms with Crippen LogP contribution in [-0.2, 0) is 0 Å². The van der Waals surface area contributed by atoms with Gasteiger partial charge in [-0.15, -0.1) is 11.3 Å². The molecule has 0 radical (unpaired) electrons. The Labute approximate surface area is 127 Å². The molecule has 4 heteroatoms. The number of rotatable bonds is 2. The molecule has 3 aromatic rings. The maximum Gasteiger partial charge on any atom is 0.489 e. The molecule has 0 bridgehead atoms. The molecule has 21 heavy (non-hydrogen) atoms. The van der Waals surface area contributed by atoms with Crippen molar-refractivity contribution in [3.8, 4) is 0 Å². The van der Waals surface area contributed by atoms with E-state index in [-0.39, 0.29) is 0 Å². The SMILES string of the molecule is C=C/C=c1/sc2c(cc(B(O)O)c3ccccc32)/c1=C/C. The smallest absolute Gasteiger partial charge is 0.423 e. The zero-order valence-electron chi connectivity index (χ0n) is 11.7. The molecule has 1 aromatic heterocycles. The monoisotopic (exact) mass is 294 g/mol. The molecule has 3 rings (SSSR count). The average Bonchev–Trinajstić information content (AvgIpc) is 2.84. The molecule has 2 N–H and O–H groups in total. The van der Waals surface area contributed by atoms with E-state index in [1.165, 1.54) is 0 Å². The van der Waals surface area contributed by atoms with E-state index < -0.39 is 7.12 Å². The van der Waals surface area contributed by atoms with E-state index in [2.05, 4.69) is 12.7 Å². The molecule has 0 unspecified atom stereocenters. The van der Waals surface area contributed by atoms with Crippen LogP contribution in [0.1, 0.15) is 6.92 Å². The standard InChI is InChI=1S/C17H15BO2S/c1-3-7-16-11(4-2)14-10-15(18(19)20)12-8-5-6-9-13(12)17(14)21-16/h3-10,19-20H,1H2,2H3/b11-4-,16-7+. The van der Waals surface area contributed by atoms with Gasteiger partial charge in [0.2, 0.25) is 0 Å². The molecule has 0 amide bonds. The highest BCUT2D eigenvalue weighted by Gasteiger charge is 2.17. The first-order valence-corrected chi connectivity index (χ1v) is 7.58. The quantitative estimate of drug-likeness (QED) is 0.703. The number of allylic oxidation sites excluding steroid dienone is 1. The predicted molar refractivity (Wildman–Crippen MR) is 93.2 cm³/mol. The minimum atomic E-state index is -1.48. The minimum absolute atomic E-state index is 0.546. The van der Waals surface area contributed by atoms with Crippen molar-refractivity contribution in [2.75, 3.05) is 0 Å². The Hall–Kier alpha value is -1.88. The van der Waals surface area contributed by atoms with Gasteiger partial charge in [0.1, 0.15) is 0 Å². The highest BCUT2D eigenvalue weighted by Crippen LogP contribution is 2.24. The zero-order valence-corrected chi connectivity index (χ0v) is 12.5. The maximum atomic E-state index is 9.68. The van der Waals surface area contributed by atoms with E-state index in [0.29, 0.717) is 5.46 Å². The molecule has 0 saturated heterocycles. The molecule has 1 heterocycles. The van der Waals surface area contributed by atoms with Crippen molar-refractivity contribution < 1.29 is 10.0 Å². The molecule has 0 aliphatic carbocycles. The summed E-state index contributed by atoms with van der Waals surface area (Å²) in [6, 6.07) is 9.72. The average molecular weight is 294 g/mol. The third-order valence-corrected chi connectivity index (χ3v) is 4.85. The van der Waals surface area contributed by atoms with Gasteiger partial charge >= 0.3 is 7.12 Å². The molecule has 0 aliphatic rings. The van der Waals surface area contributed by atoms with Crippen LogP contribution in [0.5, 0.6) is 0 Å². The van der Waals surface area contributed by atoms with E-state index >= 15 is 0 Å². The summed E-state index contributed by atoms with van der Waals surface area (Å²) in [5.74, 6) is 0. The lowest BCUT2D eigenvalue weighted by Gasteiger charge is -2.07. The first-order chi connectivity index (χ1) is 10.2. The summed E-state index contributed by atoms with van der Waals surface area (Å²) in [6.45, 7) is 5.76. The lowest BCUT2D eigenvalue weighted by atomic mass is 9.76. The fourth-order valence-electron chi connectivity index (χ4n) is 2.73. The molecular formula is C17H15BO2S. The summed E-state index contributed by atoms with van der Waals surface area (Å²) < 4.78 is 2.30. The lowest BCUT2D eigenvalue weighted by Crippen LogP contribution is -2.31. The van der Waals surface area contributed by atoms with E-state index in [1.807, 2.05) is 43.3 Å². The Kier molecular flexibility index (Phi) is 3.68. The summed E-state index contributed by atoms with van der Waals surface area (Å²) in [5.41, 5.74) is 0.546. The first-order valence-electron chi connectivity index (χ1n) is 6.76. The van der Waals surface area contributed by atoms with Gasteiger partial charge in [-0.1, -0.05) is 49.1 Å². The highest BCUT2D eigenvalue weighted by atomic mass is 32.1. The largest absolute Gasteiger partial charge is 0.489 e. The Bertz CT molecular complexity index is 954. The minimum Gasteiger partial charge on any atom is -0.423 e. The fourth-order valence-corrected chi connectivity index (χ4v) is 4.02. The summed E-state index contributed by atoms with van der Waals surface area (Å²) >= 11 is 1.70. The number of hydrogen-bond donors (Lipinski definition) is 2. The second kappa shape index (κ2) is 5.49. The summed E-state index contributed by atoms with van der Waals surface area (Å²) in [5, 5.41) is 23.5. The summed E-state index contributed by atoms with van der Waals surface area (Å²) in [4.78, 5) is 0. The number of fused-ring (bicyclic) bond motifs is 3. The molecule has 0 aliphatic heterocycles. The highest BCUT2D eigenvalue weighted by molar-refractivity contribution is 7.18. The van der Waals surface area contributed by atoms with Crippen molar-refractivity contribution >= 4 is 56.9 Å². The molecule has 104 valence electrons. The summed E-state index contributed by atoms with van der Waals surface area (Å²) in [6.07, 6.45) is 5.82. The van der Waals surface area contributed by atoms with Gasteiger partial charge < -0.3 is 10.0 Å². The van der Waals surface area contributed by atoms with Crippen LogP contribution in [0.3, 0.4) is 0 Å². The van der Waals surface area contributed by atoms with E-state index in [9.17, 15) is 10.0 Å². The first kappa shape index (κ1) is 14.1. The third kappa shape index (κ3) is 2.22. The van der Waals surface area contributed by atoms with E-state index in [1.54, 1.807) is 17.4 Å². The fraction of sp³-hybridized carbons (Fsp3) is 0.0588. The van der Waals surface area contributed by atoms with Crippen molar-refractivity contribution in [2.24, 2.45) is 0 Å². The third-order valence-electron chi connectivity index (χ3n) is 3.63. The van der Waals surface area contributed by atoms with Gasteiger partial charge in [0.15, 0.2) is 0 Å². The van der Waals surface area contributed by atoms with Crippen LogP contribution < -0.4 is 15.2 Å². The normalized spacial score (nSPS) is 13.3. The lowest BCUT2D eigenvalue weighted by molar-refractivity contribution is 0.426. The van der Waals surface area contributed by atoms with Crippen LogP contribution in [0.4, 0.5) is 0 Å². The Morgan fingerprint density at radius 3 is 2.48 bits per heavy atom. The van der Waals surface area contributed by atoms with Crippen LogP contribution in [-0.4, -0.2) is 17.2 Å². The number of thiophene rings is 1. The molecule has 0 spiro atoms. The van der Waals surface area contributed by atoms with Crippen LogP contribution in [0, 0.1) is 0 Å². The second-order valence-corrected chi connectivity index (χ2v) is 5.88. The number of benzene rings is 2. The molecular weight excluding hydrogens is 279 g/mol. The van der Waals surface area contributed by atoms with E-state index in [4.69, 9.17) is 0 Å². The zero-order chi connectivity index (χ0) is 15.0. The van der Waals surface area contributed by atoms with Crippen molar-refractivity contribution in [1.82, 2.24) is 0 Å². The number of hydrogen-bond acceptors (Lipinski definition) is 3. The van der Waals surface area contributed by atoms with Gasteiger partial charge in [-0.2, -0.15) is 0 Å². The molecule has 0 atom stereocenters. The van der Waals surface area contributed by atoms with Crippen LogP contribution in [0.15, 0.2) is 43.0 Å². The van der Waals surface area contributed by atoms with Crippen molar-refractivity contribution in [3.05, 3.63) is 52.7 Å². The maximum absolute atomic E-state index is 9.68. The molecule has 0 fully saturated rings. The summed E-state index contributed by atoms with van der Waals surface area (Å²) in [7, 11) is -1.48. The molecule has 2 nitrogen and oxygen atoms in total. The Balaban J connectivity index is 2.63. The van der Waals surface area contributed by atoms with Gasteiger partial charge in [-0.05, 0) is 34.5 Å². The topological polar surface area (TPSA) is 40.5 Å². The van der Waals surface area contributed by atoms with Gasteiger partial charge in [0, 0.05) is 14.6 Å². The Morgan fingerprint density at radius 2 is 1.86 bits per heavy atom. The predicted octanol–water partition coefficient (Wildman–Crippen LogP) is 1.50. The Morgan fingerprint density at radius 1 is 1.14 bits per heavy atom. The molecule has 0 saturated carbocycles. The van der Waals surface area contributed by atoms with Crippen LogP contribution in [0.2, 0.25) is 0 Å². The van der Waals surface area contributed by atoms with Gasteiger partial charge in [0.05, 0.1) is 0 Å². The second-order valence-electron chi connectivity index (χ2n) is 4.83. The van der Waals surface area contributed by atoms with Gasteiger partial charge in [0.25, 0.3) is 0 Å². The van der Waals surface area contributed by atoms with Crippen LogP contribution in [0.25, 0.3) is 33.0 Å². The van der Waals surface area contributed by atoms with E-state index in [0.717, 1.165) is 30.6 Å². The molecule has 2 aromatic carbocycles. The van der Waals surface area contributed by atoms with Crippen LogP contribution >= 0.6 is 11.3 Å². The van der Waals surface area contributed by atoms with Crippen molar-refractivity contribution in [1.29, 1.82) is 0 Å². The van der Waals surface area contributed by atoms with Gasteiger partial charge in [-0.25, -0.2) is 0 Å². The van der Waals surface area contributed by atoms with Crippen molar-refractivity contribution in [2.45, 2.75) is 6.92 Å². The van der Waals surface area contributed by atoms with Crippen molar-refractivity contribution in [3.63, 3.8) is 0 Å². The van der Waals surface area contributed by atoms with Gasteiger partial charge in [-0.3, -0.25) is 0 Å².